The Labute approximate surface area is 171 Å². The van der Waals surface area contributed by atoms with Gasteiger partial charge in [-0.2, -0.15) is 4.72 Å². The van der Waals surface area contributed by atoms with Gasteiger partial charge in [0, 0.05) is 19.4 Å². The molecule has 0 aliphatic heterocycles. The Bertz CT molecular complexity index is 1120. The number of fused-ring (bicyclic) bond motifs is 1. The summed E-state index contributed by atoms with van der Waals surface area (Å²) in [5, 5.41) is 0. The highest BCUT2D eigenvalue weighted by atomic mass is 32.2. The van der Waals surface area contributed by atoms with Crippen molar-refractivity contribution in [2.75, 3.05) is 7.11 Å². The first-order valence-corrected chi connectivity index (χ1v) is 11.2. The van der Waals surface area contributed by atoms with E-state index < -0.39 is 16.1 Å². The lowest BCUT2D eigenvalue weighted by Crippen LogP contribution is -2.31. The maximum atomic E-state index is 13.3. The van der Waals surface area contributed by atoms with Crippen molar-refractivity contribution in [3.63, 3.8) is 0 Å². The first-order valence-electron chi connectivity index (χ1n) is 9.73. The quantitative estimate of drug-likeness (QED) is 0.675. The molecule has 1 atom stereocenters. The molecule has 1 heterocycles. The van der Waals surface area contributed by atoms with Crippen molar-refractivity contribution >= 4 is 10.0 Å². The Morgan fingerprint density at radius 2 is 1.90 bits per heavy atom. The summed E-state index contributed by atoms with van der Waals surface area (Å²) in [6.45, 7) is 0. The van der Waals surface area contributed by atoms with E-state index in [2.05, 4.69) is 9.71 Å². The second-order valence-corrected chi connectivity index (χ2v) is 9.08. The summed E-state index contributed by atoms with van der Waals surface area (Å²) in [4.78, 5) is 4.68. The van der Waals surface area contributed by atoms with Crippen LogP contribution in [0.3, 0.4) is 0 Å². The molecular formula is C22H25N3O3S. The number of benzene rings is 2. The highest BCUT2D eigenvalue weighted by Gasteiger charge is 2.27. The zero-order valence-electron chi connectivity index (χ0n) is 16.6. The molecule has 1 unspecified atom stereocenters. The smallest absolute Gasteiger partial charge is 0.241 e. The number of nitrogens with zero attached hydrogens (tertiary/aromatic N) is 2. The molecular weight excluding hydrogens is 386 g/mol. The summed E-state index contributed by atoms with van der Waals surface area (Å²) in [6, 6.07) is 12.2. The van der Waals surface area contributed by atoms with Gasteiger partial charge in [0.1, 0.15) is 17.6 Å². The number of rotatable bonds is 6. The van der Waals surface area contributed by atoms with Crippen LogP contribution in [-0.4, -0.2) is 25.1 Å². The van der Waals surface area contributed by atoms with Crippen LogP contribution in [0.25, 0.3) is 0 Å². The van der Waals surface area contributed by atoms with Crippen molar-refractivity contribution in [2.24, 2.45) is 7.05 Å². The second kappa shape index (κ2) is 8.00. The number of imidazole rings is 1. The summed E-state index contributed by atoms with van der Waals surface area (Å²) in [5.74, 6) is 1.27. The monoisotopic (exact) mass is 411 g/mol. The molecule has 0 spiro atoms. The van der Waals surface area contributed by atoms with Crippen LogP contribution in [0.2, 0.25) is 0 Å². The molecule has 0 saturated heterocycles. The SMILES string of the molecule is COc1cccc(C(NS(=O)(=O)c2ccc3c(c2)CCCC3)c2nccn2C)c1. The molecule has 0 amide bonds. The van der Waals surface area contributed by atoms with Gasteiger partial charge in [0.05, 0.1) is 12.0 Å². The maximum absolute atomic E-state index is 13.3. The van der Waals surface area contributed by atoms with E-state index in [4.69, 9.17) is 4.74 Å². The van der Waals surface area contributed by atoms with Crippen LogP contribution in [0.5, 0.6) is 5.75 Å². The minimum atomic E-state index is -3.75. The van der Waals surface area contributed by atoms with Gasteiger partial charge in [-0.1, -0.05) is 18.2 Å². The van der Waals surface area contributed by atoms with E-state index in [0.29, 0.717) is 16.5 Å². The van der Waals surface area contributed by atoms with Crippen molar-refractivity contribution in [3.05, 3.63) is 77.4 Å². The number of aryl methyl sites for hydroxylation is 3. The predicted molar refractivity (Wildman–Crippen MR) is 111 cm³/mol. The second-order valence-electron chi connectivity index (χ2n) is 7.36. The van der Waals surface area contributed by atoms with Gasteiger partial charge in [0.15, 0.2) is 0 Å². The van der Waals surface area contributed by atoms with Crippen LogP contribution in [0.15, 0.2) is 59.8 Å². The molecule has 0 bridgehead atoms. The van der Waals surface area contributed by atoms with Gasteiger partial charge < -0.3 is 9.30 Å². The molecule has 4 rings (SSSR count). The first kappa shape index (κ1) is 19.7. The third-order valence-electron chi connectivity index (χ3n) is 5.45. The Kier molecular flexibility index (Phi) is 5.43. The average Bonchev–Trinajstić information content (AvgIpc) is 3.17. The lowest BCUT2D eigenvalue weighted by atomic mass is 9.92. The third kappa shape index (κ3) is 4.06. The molecule has 1 aliphatic rings. The molecule has 0 saturated carbocycles. The van der Waals surface area contributed by atoms with Gasteiger partial charge in [-0.15, -0.1) is 0 Å². The normalized spacial score (nSPS) is 15.0. The van der Waals surface area contributed by atoms with Gasteiger partial charge in [0.2, 0.25) is 10.0 Å². The average molecular weight is 412 g/mol. The third-order valence-corrected chi connectivity index (χ3v) is 6.87. The van der Waals surface area contributed by atoms with E-state index in [9.17, 15) is 8.42 Å². The van der Waals surface area contributed by atoms with Crippen molar-refractivity contribution in [2.45, 2.75) is 36.6 Å². The molecule has 1 aliphatic carbocycles. The van der Waals surface area contributed by atoms with Crippen LogP contribution in [0, 0.1) is 0 Å². The molecule has 2 aromatic carbocycles. The van der Waals surface area contributed by atoms with E-state index in [-0.39, 0.29) is 0 Å². The van der Waals surface area contributed by atoms with Crippen LogP contribution in [0.1, 0.15) is 41.4 Å². The van der Waals surface area contributed by atoms with Crippen molar-refractivity contribution < 1.29 is 13.2 Å². The molecule has 6 nitrogen and oxygen atoms in total. The largest absolute Gasteiger partial charge is 0.497 e. The number of aromatic nitrogens is 2. The number of ether oxygens (including phenoxy) is 1. The lowest BCUT2D eigenvalue weighted by molar-refractivity contribution is 0.413. The van der Waals surface area contributed by atoms with Gasteiger partial charge >= 0.3 is 0 Å². The lowest BCUT2D eigenvalue weighted by Gasteiger charge is -2.21. The molecule has 152 valence electrons. The summed E-state index contributed by atoms with van der Waals surface area (Å²) in [7, 11) is -0.308. The molecule has 3 aromatic rings. The van der Waals surface area contributed by atoms with Crippen LogP contribution >= 0.6 is 0 Å². The van der Waals surface area contributed by atoms with Gasteiger partial charge in [-0.05, 0) is 66.6 Å². The van der Waals surface area contributed by atoms with Gasteiger partial charge in [-0.25, -0.2) is 13.4 Å². The fourth-order valence-electron chi connectivity index (χ4n) is 3.85. The zero-order chi connectivity index (χ0) is 20.4. The van der Waals surface area contributed by atoms with E-state index in [1.165, 1.54) is 5.56 Å². The summed E-state index contributed by atoms with van der Waals surface area (Å²) >= 11 is 0. The van der Waals surface area contributed by atoms with Gasteiger partial charge in [0.25, 0.3) is 0 Å². The number of hydrogen-bond acceptors (Lipinski definition) is 4. The first-order chi connectivity index (χ1) is 14.0. The van der Waals surface area contributed by atoms with Crippen LogP contribution in [-0.2, 0) is 29.9 Å². The fourth-order valence-corrected chi connectivity index (χ4v) is 5.08. The summed E-state index contributed by atoms with van der Waals surface area (Å²) in [5.41, 5.74) is 3.15. The fraction of sp³-hybridized carbons (Fsp3) is 0.318. The van der Waals surface area contributed by atoms with E-state index in [0.717, 1.165) is 36.8 Å². The Hall–Kier alpha value is -2.64. The molecule has 0 fully saturated rings. The molecule has 29 heavy (non-hydrogen) atoms. The Morgan fingerprint density at radius 1 is 1.10 bits per heavy atom. The highest BCUT2D eigenvalue weighted by molar-refractivity contribution is 7.89. The molecule has 1 N–H and O–H groups in total. The standard InChI is InChI=1S/C22H25N3O3S/c1-25-13-12-23-22(25)21(18-8-5-9-19(14-18)28-2)24-29(26,27)20-11-10-16-6-3-4-7-17(16)15-20/h5,8-15,21,24H,3-4,6-7H2,1-2H3. The number of hydrogen-bond donors (Lipinski definition) is 1. The number of methoxy groups -OCH3 is 1. The maximum Gasteiger partial charge on any atom is 0.241 e. The zero-order valence-corrected chi connectivity index (χ0v) is 17.4. The molecule has 7 heteroatoms. The van der Waals surface area contributed by atoms with Crippen LogP contribution < -0.4 is 9.46 Å². The van der Waals surface area contributed by atoms with Crippen molar-refractivity contribution in [3.8, 4) is 5.75 Å². The van der Waals surface area contributed by atoms with E-state index in [1.807, 2.05) is 48.0 Å². The highest BCUT2D eigenvalue weighted by Crippen LogP contribution is 2.28. The van der Waals surface area contributed by atoms with E-state index >= 15 is 0 Å². The molecule has 0 radical (unpaired) electrons. The summed E-state index contributed by atoms with van der Waals surface area (Å²) < 4.78 is 36.6. The minimum absolute atomic E-state index is 0.292. The minimum Gasteiger partial charge on any atom is -0.497 e. The number of nitrogens with one attached hydrogen (secondary N) is 1. The predicted octanol–water partition coefficient (Wildman–Crippen LogP) is 3.38. The number of sulfonamides is 1. The van der Waals surface area contributed by atoms with Crippen molar-refractivity contribution in [1.29, 1.82) is 0 Å². The van der Waals surface area contributed by atoms with Crippen molar-refractivity contribution in [1.82, 2.24) is 14.3 Å². The van der Waals surface area contributed by atoms with Gasteiger partial charge in [-0.3, -0.25) is 0 Å². The van der Waals surface area contributed by atoms with E-state index in [1.54, 1.807) is 25.6 Å². The Morgan fingerprint density at radius 3 is 2.62 bits per heavy atom. The Balaban J connectivity index is 1.73. The molecule has 1 aromatic heterocycles. The summed E-state index contributed by atoms with van der Waals surface area (Å²) in [6.07, 6.45) is 7.67. The topological polar surface area (TPSA) is 73.2 Å². The van der Waals surface area contributed by atoms with Crippen LogP contribution in [0.4, 0.5) is 0 Å².